The second-order valence-electron chi connectivity index (χ2n) is 11.9. The number of quaternary nitrogens is 1. The first kappa shape index (κ1) is 32.9. The normalized spacial score (nSPS) is 23.6. The molecule has 3 atom stereocenters. The Morgan fingerprint density at radius 3 is 2.08 bits per heavy atom. The van der Waals surface area contributed by atoms with Crippen molar-refractivity contribution in [3.05, 3.63) is 41.1 Å². The van der Waals surface area contributed by atoms with Crippen molar-refractivity contribution in [2.45, 2.75) is 90.6 Å². The Balaban J connectivity index is 2.20. The van der Waals surface area contributed by atoms with E-state index in [-0.39, 0.29) is 45.1 Å². The Morgan fingerprint density at radius 1 is 1.03 bits per heavy atom. The van der Waals surface area contributed by atoms with Crippen LogP contribution in [0.2, 0.25) is 0 Å². The number of carboxylic acid groups (broad SMARTS) is 1. The Hall–Kier alpha value is -2.26. The molecule has 1 fully saturated rings. The first-order valence-electron chi connectivity index (χ1n) is 13.5. The Kier molecular flexibility index (Phi) is 11.3. The first-order valence-corrected chi connectivity index (χ1v) is 15.4. The van der Waals surface area contributed by atoms with Crippen LogP contribution in [0.5, 0.6) is 0 Å². The summed E-state index contributed by atoms with van der Waals surface area (Å²) in [6.45, 7) is 12.0. The van der Waals surface area contributed by atoms with E-state index in [9.17, 15) is 24.7 Å². The maximum atomic E-state index is 13.9. The maximum Gasteiger partial charge on any atom is 0.419 e. The largest absolute Gasteiger partial charge is 0.597 e. The fourth-order valence-corrected chi connectivity index (χ4v) is 7.52. The van der Waals surface area contributed by atoms with Crippen LogP contribution < -0.4 is 0 Å². The molecule has 0 bridgehead atoms. The highest BCUT2D eigenvalue weighted by atomic mass is 31.1. The maximum absolute atomic E-state index is 13.9. The molecule has 1 N–H and O–H groups in total. The van der Waals surface area contributed by atoms with Gasteiger partial charge in [-0.1, -0.05) is 38.3 Å². The number of carbonyl (C=O) groups is 3. The molecule has 0 radical (unpaired) electrons. The molecular formula is C28H45N2O8P. The summed E-state index contributed by atoms with van der Waals surface area (Å²) in [6.07, 6.45) is 0.535. The van der Waals surface area contributed by atoms with Crippen molar-refractivity contribution in [3.8, 4) is 0 Å². The minimum Gasteiger partial charge on any atom is -0.597 e. The molecule has 3 unspecified atom stereocenters. The van der Waals surface area contributed by atoms with Crippen molar-refractivity contribution >= 4 is 26.1 Å². The standard InChI is InChI=1S/C28H45N2O8P/c1-8-36-30(35)18-19-39(20-22-14-10-9-11-15-22)21-28(30,23(31)32)16-12-13-17-29(24(33)37-26(2,3)4)25(34)38-27(5,6)7/h9-11,14-15H,8,12-13,16-21H2,1-7H3,(H,31,32). The van der Waals surface area contributed by atoms with E-state index >= 15 is 0 Å². The van der Waals surface area contributed by atoms with Gasteiger partial charge in [0.05, 0.1) is 0 Å². The van der Waals surface area contributed by atoms with Gasteiger partial charge in [-0.15, -0.1) is 0 Å². The summed E-state index contributed by atoms with van der Waals surface area (Å²) >= 11 is 0. The van der Waals surface area contributed by atoms with E-state index < -0.39 is 47.6 Å². The highest BCUT2D eigenvalue weighted by Gasteiger charge is 2.58. The van der Waals surface area contributed by atoms with E-state index in [0.29, 0.717) is 6.16 Å². The average Bonchev–Trinajstić information content (AvgIpc) is 2.79. The van der Waals surface area contributed by atoms with Gasteiger partial charge in [0, 0.05) is 25.3 Å². The molecule has 220 valence electrons. The van der Waals surface area contributed by atoms with E-state index in [1.807, 2.05) is 30.3 Å². The Labute approximate surface area is 233 Å². The van der Waals surface area contributed by atoms with Crippen LogP contribution in [-0.2, 0) is 25.3 Å². The van der Waals surface area contributed by atoms with E-state index in [1.165, 1.54) is 0 Å². The topological polar surface area (TPSA) is 125 Å². The summed E-state index contributed by atoms with van der Waals surface area (Å²) in [5, 5.41) is 24.3. The second kappa shape index (κ2) is 13.4. The predicted molar refractivity (Wildman–Crippen MR) is 150 cm³/mol. The number of unbranched alkanes of at least 4 members (excludes halogenated alkanes) is 1. The quantitative estimate of drug-likeness (QED) is 0.155. The fourth-order valence-electron chi connectivity index (χ4n) is 4.57. The van der Waals surface area contributed by atoms with Crippen molar-refractivity contribution in [3.63, 3.8) is 0 Å². The number of nitrogens with zero attached hydrogens (tertiary/aromatic N) is 2. The van der Waals surface area contributed by atoms with Gasteiger partial charge in [0.1, 0.15) is 24.4 Å². The van der Waals surface area contributed by atoms with Gasteiger partial charge >= 0.3 is 18.2 Å². The number of hydrogen-bond donors (Lipinski definition) is 1. The highest BCUT2D eigenvalue weighted by molar-refractivity contribution is 7.57. The van der Waals surface area contributed by atoms with Crippen LogP contribution >= 0.6 is 7.92 Å². The molecule has 0 saturated carbocycles. The molecule has 11 heteroatoms. The number of carboxylic acids is 1. The monoisotopic (exact) mass is 568 g/mol. The molecule has 2 amide bonds. The summed E-state index contributed by atoms with van der Waals surface area (Å²) in [4.78, 5) is 43.6. The van der Waals surface area contributed by atoms with Crippen molar-refractivity contribution in [2.75, 3.05) is 32.0 Å². The smallest absolute Gasteiger partial charge is 0.419 e. The van der Waals surface area contributed by atoms with Crippen LogP contribution in [-0.4, -0.2) is 81.7 Å². The minimum absolute atomic E-state index is 0.0359. The minimum atomic E-state index is -1.67. The van der Waals surface area contributed by atoms with Crippen molar-refractivity contribution < 1.29 is 38.6 Å². The summed E-state index contributed by atoms with van der Waals surface area (Å²) in [7, 11) is -0.758. The van der Waals surface area contributed by atoms with E-state index in [4.69, 9.17) is 14.3 Å². The Bertz CT molecular complexity index is 950. The lowest BCUT2D eigenvalue weighted by Crippen LogP contribution is -2.69. The van der Waals surface area contributed by atoms with Crippen LogP contribution in [0.3, 0.4) is 0 Å². The molecule has 1 aromatic rings. The molecular weight excluding hydrogens is 523 g/mol. The molecule has 1 aliphatic heterocycles. The van der Waals surface area contributed by atoms with Gasteiger partial charge in [-0.05, 0) is 73.0 Å². The average molecular weight is 569 g/mol. The number of rotatable bonds is 10. The Morgan fingerprint density at radius 2 is 1.59 bits per heavy atom. The van der Waals surface area contributed by atoms with Gasteiger partial charge < -0.3 is 19.8 Å². The third kappa shape index (κ3) is 9.41. The number of imide groups is 1. The molecule has 1 saturated heterocycles. The fraction of sp³-hybridized carbons (Fsp3) is 0.679. The number of hydrogen-bond acceptors (Lipinski definition) is 7. The molecule has 1 heterocycles. The van der Waals surface area contributed by atoms with E-state index in [0.717, 1.165) is 16.6 Å². The number of amides is 2. The lowest BCUT2D eigenvalue weighted by Gasteiger charge is -2.55. The highest BCUT2D eigenvalue weighted by Crippen LogP contribution is 2.52. The molecule has 1 aliphatic rings. The molecule has 0 spiro atoms. The van der Waals surface area contributed by atoms with Crippen LogP contribution in [0.15, 0.2) is 30.3 Å². The number of aliphatic carboxylic acids is 1. The zero-order valence-electron chi connectivity index (χ0n) is 24.4. The van der Waals surface area contributed by atoms with Crippen molar-refractivity contribution in [1.29, 1.82) is 0 Å². The van der Waals surface area contributed by atoms with E-state index in [1.54, 1.807) is 48.5 Å². The third-order valence-corrected chi connectivity index (χ3v) is 8.90. The van der Waals surface area contributed by atoms with Gasteiger partial charge in [0.2, 0.25) is 5.54 Å². The SMILES string of the molecule is CCO[N+]1([O-])CCP(Cc2ccccc2)CC1(CCCCN(C(=O)OC(C)(C)C)C(=O)OC(C)(C)C)C(=O)O. The molecule has 39 heavy (non-hydrogen) atoms. The summed E-state index contributed by atoms with van der Waals surface area (Å²) in [6, 6.07) is 9.88. The first-order chi connectivity index (χ1) is 18.0. The summed E-state index contributed by atoms with van der Waals surface area (Å²) in [5.41, 5.74) is -2.19. The van der Waals surface area contributed by atoms with Gasteiger partial charge in [-0.2, -0.15) is 4.81 Å². The lowest BCUT2D eigenvalue weighted by atomic mass is 9.93. The number of benzene rings is 1. The second-order valence-corrected chi connectivity index (χ2v) is 14.3. The van der Waals surface area contributed by atoms with Crippen molar-refractivity contribution in [1.82, 2.24) is 4.90 Å². The number of hydroxylamine groups is 4. The van der Waals surface area contributed by atoms with Gasteiger partial charge in [-0.25, -0.2) is 24.1 Å². The summed E-state index contributed by atoms with van der Waals surface area (Å²) in [5.74, 6) is -1.18. The van der Waals surface area contributed by atoms with Crippen LogP contribution in [0.1, 0.15) is 73.3 Å². The van der Waals surface area contributed by atoms with Gasteiger partial charge in [0.15, 0.2) is 0 Å². The third-order valence-electron chi connectivity index (χ3n) is 6.28. The van der Waals surface area contributed by atoms with Crippen LogP contribution in [0.4, 0.5) is 9.59 Å². The van der Waals surface area contributed by atoms with E-state index in [2.05, 4.69) is 0 Å². The number of carbonyl (C=O) groups excluding carboxylic acids is 2. The van der Waals surface area contributed by atoms with Crippen molar-refractivity contribution in [2.24, 2.45) is 0 Å². The number of ether oxygens (including phenoxy) is 2. The lowest BCUT2D eigenvalue weighted by molar-refractivity contribution is -1.10. The molecule has 0 aromatic heterocycles. The molecule has 2 rings (SSSR count). The predicted octanol–water partition coefficient (Wildman–Crippen LogP) is 6.11. The van der Waals surface area contributed by atoms with Gasteiger partial charge in [0.25, 0.3) is 0 Å². The van der Waals surface area contributed by atoms with Gasteiger partial charge in [-0.3, -0.25) is 0 Å². The zero-order chi connectivity index (χ0) is 29.5. The van der Waals surface area contributed by atoms with Crippen LogP contribution in [0.25, 0.3) is 0 Å². The molecule has 10 nitrogen and oxygen atoms in total. The molecule has 1 aromatic carbocycles. The van der Waals surface area contributed by atoms with Crippen LogP contribution in [0, 0.1) is 5.21 Å². The zero-order valence-corrected chi connectivity index (χ0v) is 25.3. The summed E-state index contributed by atoms with van der Waals surface area (Å²) < 4.78 is 10.8. The molecule has 0 aliphatic carbocycles.